The van der Waals surface area contributed by atoms with Crippen LogP contribution in [0.1, 0.15) is 28.7 Å². The lowest BCUT2D eigenvalue weighted by atomic mass is 10.1. The monoisotopic (exact) mass is 466 g/mol. The SMILES string of the molecule is Cn1nccc1-c1cccc(C(F)(F)F)c1.c1ccc(CSc2ccc3c(c2)CCC3)cc1. The summed E-state index contributed by atoms with van der Waals surface area (Å²) in [5, 5.41) is 3.92. The average Bonchev–Trinajstić information content (AvgIpc) is 3.47. The Morgan fingerprint density at radius 1 is 0.879 bits per heavy atom. The highest BCUT2D eigenvalue weighted by molar-refractivity contribution is 7.98. The molecule has 5 rings (SSSR count). The van der Waals surface area contributed by atoms with Crippen LogP contribution in [0.3, 0.4) is 0 Å². The van der Waals surface area contributed by atoms with Gasteiger partial charge in [0, 0.05) is 29.5 Å². The number of thioether (sulfide) groups is 1. The Kier molecular flexibility index (Phi) is 7.23. The van der Waals surface area contributed by atoms with Gasteiger partial charge >= 0.3 is 6.18 Å². The van der Waals surface area contributed by atoms with Crippen molar-refractivity contribution in [3.8, 4) is 11.3 Å². The molecule has 1 aliphatic carbocycles. The fourth-order valence-corrected chi connectivity index (χ4v) is 4.81. The van der Waals surface area contributed by atoms with E-state index in [2.05, 4.69) is 53.6 Å². The molecule has 2 nitrogen and oxygen atoms in total. The largest absolute Gasteiger partial charge is 0.416 e. The zero-order valence-corrected chi connectivity index (χ0v) is 19.2. The second-order valence-electron chi connectivity index (χ2n) is 7.98. The molecular formula is C27H25F3N2S. The predicted octanol–water partition coefficient (Wildman–Crippen LogP) is 7.57. The lowest BCUT2D eigenvalue weighted by Crippen LogP contribution is -2.05. The van der Waals surface area contributed by atoms with Crippen LogP contribution in [0.5, 0.6) is 0 Å². The van der Waals surface area contributed by atoms with Crippen molar-refractivity contribution in [1.82, 2.24) is 9.78 Å². The van der Waals surface area contributed by atoms with E-state index in [1.165, 1.54) is 40.5 Å². The number of hydrogen-bond acceptors (Lipinski definition) is 2. The molecule has 0 spiro atoms. The first-order chi connectivity index (χ1) is 15.9. The second-order valence-corrected chi connectivity index (χ2v) is 9.03. The zero-order valence-electron chi connectivity index (χ0n) is 18.3. The molecule has 0 aliphatic heterocycles. The number of benzene rings is 3. The first-order valence-electron chi connectivity index (χ1n) is 10.8. The Hall–Kier alpha value is -2.99. The van der Waals surface area contributed by atoms with Crippen LogP contribution < -0.4 is 0 Å². The summed E-state index contributed by atoms with van der Waals surface area (Å²) in [5.74, 6) is 1.07. The Balaban J connectivity index is 0.000000157. The number of rotatable bonds is 4. The topological polar surface area (TPSA) is 17.8 Å². The molecule has 0 bridgehead atoms. The van der Waals surface area contributed by atoms with E-state index in [1.54, 1.807) is 36.5 Å². The molecule has 6 heteroatoms. The zero-order chi connectivity index (χ0) is 23.3. The molecule has 1 aliphatic rings. The molecule has 33 heavy (non-hydrogen) atoms. The lowest BCUT2D eigenvalue weighted by molar-refractivity contribution is -0.137. The molecule has 3 aromatic carbocycles. The number of fused-ring (bicyclic) bond motifs is 1. The smallest absolute Gasteiger partial charge is 0.268 e. The van der Waals surface area contributed by atoms with Crippen molar-refractivity contribution in [2.24, 2.45) is 7.05 Å². The summed E-state index contributed by atoms with van der Waals surface area (Å²) in [7, 11) is 1.69. The van der Waals surface area contributed by atoms with Crippen LogP contribution in [0.15, 0.2) is 90.0 Å². The van der Waals surface area contributed by atoms with E-state index in [-0.39, 0.29) is 0 Å². The van der Waals surface area contributed by atoms with Crippen molar-refractivity contribution in [1.29, 1.82) is 0 Å². The highest BCUT2D eigenvalue weighted by Gasteiger charge is 2.30. The standard InChI is InChI=1S/C16H16S.C11H9F3N2/c1-2-5-13(6-3-1)12-17-16-10-9-14-7-4-8-15(14)11-16;1-16-10(5-6-15-16)8-3-2-4-9(7-8)11(12,13)14/h1-3,5-6,9-11H,4,7-8,12H2;2-7H,1H3. The Bertz CT molecular complexity index is 1200. The molecule has 0 N–H and O–H groups in total. The van der Waals surface area contributed by atoms with Crippen molar-refractivity contribution in [3.63, 3.8) is 0 Å². The number of hydrogen-bond donors (Lipinski definition) is 0. The summed E-state index contributed by atoms with van der Waals surface area (Å²) < 4.78 is 39.0. The van der Waals surface area contributed by atoms with E-state index >= 15 is 0 Å². The quantitative estimate of drug-likeness (QED) is 0.289. The highest BCUT2D eigenvalue weighted by Crippen LogP contribution is 2.32. The van der Waals surface area contributed by atoms with Gasteiger partial charge in [0.05, 0.1) is 11.3 Å². The number of halogens is 3. The van der Waals surface area contributed by atoms with Gasteiger partial charge in [0.2, 0.25) is 0 Å². The van der Waals surface area contributed by atoms with Crippen LogP contribution in [-0.2, 0) is 31.8 Å². The minimum Gasteiger partial charge on any atom is -0.268 e. The van der Waals surface area contributed by atoms with Crippen LogP contribution in [0.4, 0.5) is 13.2 Å². The van der Waals surface area contributed by atoms with Gasteiger partial charge in [0.15, 0.2) is 0 Å². The summed E-state index contributed by atoms with van der Waals surface area (Å²) in [4.78, 5) is 1.41. The second kappa shape index (κ2) is 10.3. The summed E-state index contributed by atoms with van der Waals surface area (Å²) >= 11 is 1.94. The van der Waals surface area contributed by atoms with Gasteiger partial charge < -0.3 is 0 Å². The third kappa shape index (κ3) is 6.08. The molecule has 0 saturated heterocycles. The maximum Gasteiger partial charge on any atom is 0.416 e. The summed E-state index contributed by atoms with van der Waals surface area (Å²) in [6, 6.07) is 24.5. The van der Waals surface area contributed by atoms with Gasteiger partial charge in [-0.3, -0.25) is 4.68 Å². The lowest BCUT2D eigenvalue weighted by Gasteiger charge is -2.08. The van der Waals surface area contributed by atoms with Crippen LogP contribution in [-0.4, -0.2) is 9.78 Å². The van der Waals surface area contributed by atoms with Crippen molar-refractivity contribution >= 4 is 11.8 Å². The number of aromatic nitrogens is 2. The molecule has 170 valence electrons. The van der Waals surface area contributed by atoms with Gasteiger partial charge in [0.1, 0.15) is 0 Å². The summed E-state index contributed by atoms with van der Waals surface area (Å²) in [6.07, 6.45) is 1.13. The molecule has 4 aromatic rings. The molecule has 1 heterocycles. The van der Waals surface area contributed by atoms with E-state index in [0.29, 0.717) is 11.3 Å². The van der Waals surface area contributed by atoms with Crippen molar-refractivity contribution in [2.75, 3.05) is 0 Å². The van der Waals surface area contributed by atoms with Crippen LogP contribution in [0.25, 0.3) is 11.3 Å². The van der Waals surface area contributed by atoms with Gasteiger partial charge in [-0.05, 0) is 66.3 Å². The Morgan fingerprint density at radius 3 is 2.39 bits per heavy atom. The molecule has 0 atom stereocenters. The summed E-state index contributed by atoms with van der Waals surface area (Å²) in [6.45, 7) is 0. The fraction of sp³-hybridized carbons (Fsp3) is 0.222. The van der Waals surface area contributed by atoms with Crippen LogP contribution in [0, 0.1) is 0 Å². The van der Waals surface area contributed by atoms with E-state index in [9.17, 15) is 13.2 Å². The maximum absolute atomic E-state index is 12.5. The minimum absolute atomic E-state index is 0.509. The fourth-order valence-electron chi connectivity index (χ4n) is 3.89. The molecular weight excluding hydrogens is 441 g/mol. The third-order valence-corrected chi connectivity index (χ3v) is 6.69. The normalized spacial score (nSPS) is 12.7. The molecule has 0 unspecified atom stereocenters. The Labute approximate surface area is 196 Å². The number of aryl methyl sites for hydroxylation is 3. The van der Waals surface area contributed by atoms with Gasteiger partial charge in [-0.15, -0.1) is 11.8 Å². The molecule has 0 fully saturated rings. The van der Waals surface area contributed by atoms with E-state index in [0.717, 1.165) is 17.9 Å². The van der Waals surface area contributed by atoms with E-state index in [4.69, 9.17) is 0 Å². The number of nitrogens with zero attached hydrogens (tertiary/aromatic N) is 2. The highest BCUT2D eigenvalue weighted by atomic mass is 32.2. The first kappa shape index (κ1) is 23.2. The van der Waals surface area contributed by atoms with Crippen molar-refractivity contribution in [3.05, 3.63) is 107 Å². The van der Waals surface area contributed by atoms with Crippen molar-refractivity contribution in [2.45, 2.75) is 36.1 Å². The maximum atomic E-state index is 12.5. The third-order valence-electron chi connectivity index (χ3n) is 5.62. The predicted molar refractivity (Wildman–Crippen MR) is 128 cm³/mol. The van der Waals surface area contributed by atoms with Gasteiger partial charge in [-0.25, -0.2) is 0 Å². The molecule has 0 saturated carbocycles. The van der Waals surface area contributed by atoms with Gasteiger partial charge in [-0.1, -0.05) is 48.5 Å². The Morgan fingerprint density at radius 2 is 1.67 bits per heavy atom. The van der Waals surface area contributed by atoms with Crippen LogP contribution >= 0.6 is 11.8 Å². The molecule has 0 radical (unpaired) electrons. The molecule has 1 aromatic heterocycles. The van der Waals surface area contributed by atoms with Crippen molar-refractivity contribution < 1.29 is 13.2 Å². The van der Waals surface area contributed by atoms with Gasteiger partial charge in [0.25, 0.3) is 0 Å². The number of alkyl halides is 3. The minimum atomic E-state index is -4.31. The van der Waals surface area contributed by atoms with E-state index in [1.807, 2.05) is 11.8 Å². The van der Waals surface area contributed by atoms with Gasteiger partial charge in [-0.2, -0.15) is 18.3 Å². The molecule has 0 amide bonds. The van der Waals surface area contributed by atoms with Crippen LogP contribution in [0.2, 0.25) is 0 Å². The first-order valence-corrected chi connectivity index (χ1v) is 11.8. The van der Waals surface area contributed by atoms with E-state index < -0.39 is 11.7 Å². The average molecular weight is 467 g/mol. The summed E-state index contributed by atoms with van der Waals surface area (Å²) in [5.41, 5.74) is 5.06.